The number of nitrogens with two attached hydrogens (primary N) is 1. The number of ether oxygens (including phenoxy) is 1. The minimum absolute atomic E-state index is 0.0813. The minimum Gasteiger partial charge on any atom is -0.379 e. The van der Waals surface area contributed by atoms with Crippen molar-refractivity contribution in [2.45, 2.75) is 46.2 Å². The topological polar surface area (TPSA) is 47.3 Å². The number of rotatable bonds is 3. The first-order chi connectivity index (χ1) is 9.00. The molecule has 2 atom stereocenters. The second-order valence-corrected chi connectivity index (χ2v) is 5.74. The van der Waals surface area contributed by atoms with Crippen LogP contribution >= 0.6 is 0 Å². The van der Waals surface area contributed by atoms with Crippen LogP contribution in [0.4, 0.5) is 0 Å². The van der Waals surface area contributed by atoms with Crippen LogP contribution in [-0.4, -0.2) is 25.8 Å². The standard InChI is InChI=1S/C16H26N2O/c1-10-7-11(2)13(4)16(12(10)3)15(17)8-14-9-19-6-5-18-14/h7,14-15,18H,5-6,8-9,17H2,1-4H3. The average Bonchev–Trinajstić information content (AvgIpc) is 2.38. The predicted octanol–water partition coefficient (Wildman–Crippen LogP) is 2.30. The Morgan fingerprint density at radius 2 is 1.89 bits per heavy atom. The van der Waals surface area contributed by atoms with Crippen molar-refractivity contribution in [2.75, 3.05) is 19.8 Å². The van der Waals surface area contributed by atoms with Crippen LogP contribution in [0.15, 0.2) is 6.07 Å². The van der Waals surface area contributed by atoms with E-state index in [1.165, 1.54) is 27.8 Å². The monoisotopic (exact) mass is 262 g/mol. The lowest BCUT2D eigenvalue weighted by Crippen LogP contribution is -2.43. The Morgan fingerprint density at radius 3 is 2.42 bits per heavy atom. The van der Waals surface area contributed by atoms with Gasteiger partial charge in [0.25, 0.3) is 0 Å². The molecule has 1 aliphatic heterocycles. The molecule has 1 heterocycles. The van der Waals surface area contributed by atoms with Crippen LogP contribution in [0.1, 0.15) is 40.3 Å². The molecule has 2 unspecified atom stereocenters. The van der Waals surface area contributed by atoms with Crippen molar-refractivity contribution in [3.63, 3.8) is 0 Å². The van der Waals surface area contributed by atoms with Gasteiger partial charge in [0, 0.05) is 18.6 Å². The van der Waals surface area contributed by atoms with E-state index in [0.29, 0.717) is 6.04 Å². The fourth-order valence-electron chi connectivity index (χ4n) is 3.00. The van der Waals surface area contributed by atoms with Gasteiger partial charge in [0.15, 0.2) is 0 Å². The maximum absolute atomic E-state index is 6.47. The summed E-state index contributed by atoms with van der Waals surface area (Å²) in [5, 5.41) is 3.48. The van der Waals surface area contributed by atoms with Gasteiger partial charge in [0.05, 0.1) is 13.2 Å². The number of morpholine rings is 1. The second kappa shape index (κ2) is 6.04. The molecule has 3 heteroatoms. The van der Waals surface area contributed by atoms with Crippen molar-refractivity contribution >= 4 is 0 Å². The van der Waals surface area contributed by atoms with E-state index in [9.17, 15) is 0 Å². The van der Waals surface area contributed by atoms with E-state index in [1.807, 2.05) is 0 Å². The number of benzene rings is 1. The first kappa shape index (κ1) is 14.5. The molecule has 1 aromatic carbocycles. The van der Waals surface area contributed by atoms with Gasteiger partial charge in [-0.1, -0.05) is 6.07 Å². The molecule has 1 saturated heterocycles. The van der Waals surface area contributed by atoms with Crippen LogP contribution in [-0.2, 0) is 4.74 Å². The van der Waals surface area contributed by atoms with E-state index in [1.54, 1.807) is 0 Å². The highest BCUT2D eigenvalue weighted by Crippen LogP contribution is 2.28. The van der Waals surface area contributed by atoms with Gasteiger partial charge in [-0.3, -0.25) is 0 Å². The number of hydrogen-bond acceptors (Lipinski definition) is 3. The summed E-state index contributed by atoms with van der Waals surface area (Å²) in [6, 6.07) is 2.71. The van der Waals surface area contributed by atoms with Gasteiger partial charge in [-0.05, 0) is 61.9 Å². The lowest BCUT2D eigenvalue weighted by Gasteiger charge is -2.28. The zero-order valence-corrected chi connectivity index (χ0v) is 12.5. The summed E-state index contributed by atoms with van der Waals surface area (Å²) in [4.78, 5) is 0. The molecule has 0 aromatic heterocycles. The van der Waals surface area contributed by atoms with E-state index in [4.69, 9.17) is 10.5 Å². The molecule has 1 aromatic rings. The van der Waals surface area contributed by atoms with E-state index in [2.05, 4.69) is 39.1 Å². The minimum atomic E-state index is 0.0813. The number of hydrogen-bond donors (Lipinski definition) is 2. The van der Waals surface area contributed by atoms with Gasteiger partial charge in [-0.25, -0.2) is 0 Å². The molecule has 1 aliphatic rings. The molecule has 0 saturated carbocycles. The number of nitrogens with one attached hydrogen (secondary N) is 1. The highest BCUT2D eigenvalue weighted by molar-refractivity contribution is 5.45. The third kappa shape index (κ3) is 3.16. The van der Waals surface area contributed by atoms with Crippen molar-refractivity contribution in [1.29, 1.82) is 0 Å². The number of aryl methyl sites for hydroxylation is 2. The Labute approximate surface area is 116 Å². The summed E-state index contributed by atoms with van der Waals surface area (Å²) < 4.78 is 5.51. The molecule has 1 fully saturated rings. The maximum Gasteiger partial charge on any atom is 0.0620 e. The highest BCUT2D eigenvalue weighted by atomic mass is 16.5. The summed E-state index contributed by atoms with van der Waals surface area (Å²) in [5.41, 5.74) is 13.1. The summed E-state index contributed by atoms with van der Waals surface area (Å²) in [7, 11) is 0. The smallest absolute Gasteiger partial charge is 0.0620 e. The molecule has 0 spiro atoms. The third-order valence-electron chi connectivity index (χ3n) is 4.33. The second-order valence-electron chi connectivity index (χ2n) is 5.74. The van der Waals surface area contributed by atoms with Crippen molar-refractivity contribution in [3.05, 3.63) is 33.9 Å². The van der Waals surface area contributed by atoms with E-state index < -0.39 is 0 Å². The predicted molar refractivity (Wildman–Crippen MR) is 79.5 cm³/mol. The van der Waals surface area contributed by atoms with Crippen LogP contribution in [0, 0.1) is 27.7 Å². The van der Waals surface area contributed by atoms with Gasteiger partial charge in [0.2, 0.25) is 0 Å². The Bertz CT molecular complexity index is 424. The molecule has 2 rings (SSSR count). The molecular formula is C16H26N2O. The largest absolute Gasteiger partial charge is 0.379 e. The van der Waals surface area contributed by atoms with Gasteiger partial charge in [-0.15, -0.1) is 0 Å². The zero-order valence-electron chi connectivity index (χ0n) is 12.5. The van der Waals surface area contributed by atoms with Crippen molar-refractivity contribution in [3.8, 4) is 0 Å². The lowest BCUT2D eigenvalue weighted by atomic mass is 9.87. The average molecular weight is 262 g/mol. The fourth-order valence-corrected chi connectivity index (χ4v) is 3.00. The summed E-state index contributed by atoms with van der Waals surface area (Å²) >= 11 is 0. The highest BCUT2D eigenvalue weighted by Gasteiger charge is 2.21. The van der Waals surface area contributed by atoms with Crippen molar-refractivity contribution < 1.29 is 4.74 Å². The third-order valence-corrected chi connectivity index (χ3v) is 4.33. The first-order valence-electron chi connectivity index (χ1n) is 7.14. The summed E-state index contributed by atoms with van der Waals surface area (Å²) in [5.74, 6) is 0. The molecule has 0 bridgehead atoms. The first-order valence-corrected chi connectivity index (χ1v) is 7.14. The Morgan fingerprint density at radius 1 is 1.26 bits per heavy atom. The zero-order chi connectivity index (χ0) is 14.0. The molecular weight excluding hydrogens is 236 g/mol. The molecule has 0 amide bonds. The molecule has 3 nitrogen and oxygen atoms in total. The van der Waals surface area contributed by atoms with Crippen LogP contribution in [0.2, 0.25) is 0 Å². The molecule has 0 radical (unpaired) electrons. The van der Waals surface area contributed by atoms with Crippen molar-refractivity contribution in [2.24, 2.45) is 5.73 Å². The Hall–Kier alpha value is -0.900. The summed E-state index contributed by atoms with van der Waals surface area (Å²) in [6.07, 6.45) is 0.935. The lowest BCUT2D eigenvalue weighted by molar-refractivity contribution is 0.0719. The maximum atomic E-state index is 6.47. The van der Waals surface area contributed by atoms with Gasteiger partial charge >= 0.3 is 0 Å². The van der Waals surface area contributed by atoms with Crippen LogP contribution in [0.3, 0.4) is 0 Å². The quantitative estimate of drug-likeness (QED) is 0.878. The van der Waals surface area contributed by atoms with E-state index in [-0.39, 0.29) is 6.04 Å². The molecule has 3 N–H and O–H groups in total. The normalized spacial score (nSPS) is 21.4. The van der Waals surface area contributed by atoms with Gasteiger partial charge in [-0.2, -0.15) is 0 Å². The summed E-state index contributed by atoms with van der Waals surface area (Å²) in [6.45, 7) is 11.2. The van der Waals surface area contributed by atoms with Gasteiger partial charge < -0.3 is 15.8 Å². The fraction of sp³-hybridized carbons (Fsp3) is 0.625. The van der Waals surface area contributed by atoms with Crippen LogP contribution in [0.25, 0.3) is 0 Å². The SMILES string of the molecule is Cc1cc(C)c(C)c(C(N)CC2COCCN2)c1C. The Balaban J connectivity index is 2.20. The van der Waals surface area contributed by atoms with Crippen LogP contribution < -0.4 is 11.1 Å². The van der Waals surface area contributed by atoms with Crippen molar-refractivity contribution in [1.82, 2.24) is 5.32 Å². The molecule has 106 valence electrons. The van der Waals surface area contributed by atoms with E-state index in [0.717, 1.165) is 26.2 Å². The molecule has 19 heavy (non-hydrogen) atoms. The molecule has 0 aliphatic carbocycles. The van der Waals surface area contributed by atoms with Gasteiger partial charge in [0.1, 0.15) is 0 Å². The van der Waals surface area contributed by atoms with E-state index >= 15 is 0 Å². The Kier molecular flexibility index (Phi) is 4.61. The van der Waals surface area contributed by atoms with Crippen LogP contribution in [0.5, 0.6) is 0 Å².